The minimum Gasteiger partial charge on any atom is -0.370 e. The number of nitrogens with two attached hydrogens (primary N) is 1. The van der Waals surface area contributed by atoms with Gasteiger partial charge < -0.3 is 10.6 Å². The molecule has 1 aromatic rings. The molecule has 0 saturated heterocycles. The maximum absolute atomic E-state index is 13.2. The summed E-state index contributed by atoms with van der Waals surface area (Å²) in [6.07, 6.45) is 7.09. The number of guanidine groups is 1. The molecular weight excluding hydrogens is 265 g/mol. The highest BCUT2D eigenvalue weighted by Crippen LogP contribution is 2.41. The van der Waals surface area contributed by atoms with Crippen molar-refractivity contribution in [2.45, 2.75) is 50.0 Å². The van der Waals surface area contributed by atoms with Crippen LogP contribution in [-0.4, -0.2) is 30.5 Å². The highest BCUT2D eigenvalue weighted by atomic mass is 19.1. The second-order valence-electron chi connectivity index (χ2n) is 6.51. The lowest BCUT2D eigenvalue weighted by Gasteiger charge is -2.28. The molecule has 3 rings (SSSR count). The van der Waals surface area contributed by atoms with Crippen LogP contribution in [0.15, 0.2) is 29.3 Å². The van der Waals surface area contributed by atoms with Crippen LogP contribution >= 0.6 is 0 Å². The summed E-state index contributed by atoms with van der Waals surface area (Å²) in [5.74, 6) is 0.467. The molecule has 114 valence electrons. The summed E-state index contributed by atoms with van der Waals surface area (Å²) in [6, 6.07) is 7.52. The Balaban J connectivity index is 1.77. The molecule has 2 saturated carbocycles. The summed E-state index contributed by atoms with van der Waals surface area (Å²) >= 11 is 0. The van der Waals surface area contributed by atoms with Crippen LogP contribution in [0.2, 0.25) is 0 Å². The number of aliphatic imine (C=N–C) groups is 1. The van der Waals surface area contributed by atoms with Crippen molar-refractivity contribution in [3.05, 3.63) is 35.6 Å². The van der Waals surface area contributed by atoms with Gasteiger partial charge in [-0.25, -0.2) is 4.39 Å². The molecule has 3 nitrogen and oxygen atoms in total. The van der Waals surface area contributed by atoms with E-state index in [2.05, 4.69) is 9.89 Å². The topological polar surface area (TPSA) is 41.6 Å². The molecule has 0 atom stereocenters. The summed E-state index contributed by atoms with van der Waals surface area (Å²) in [4.78, 5) is 6.76. The average Bonchev–Trinajstić information content (AvgIpc) is 3.23. The fourth-order valence-electron chi connectivity index (χ4n) is 3.39. The summed E-state index contributed by atoms with van der Waals surface area (Å²) in [6.45, 7) is 0.710. The Morgan fingerprint density at radius 1 is 1.29 bits per heavy atom. The van der Waals surface area contributed by atoms with E-state index in [-0.39, 0.29) is 11.2 Å². The SMILES string of the molecule is CN(C(N)=NCC1(c2ccc(F)cc2)CCCC1)C1CC1. The molecule has 1 aromatic carbocycles. The zero-order valence-electron chi connectivity index (χ0n) is 12.7. The van der Waals surface area contributed by atoms with Crippen LogP contribution in [0, 0.1) is 5.82 Å². The van der Waals surface area contributed by atoms with E-state index in [4.69, 9.17) is 5.73 Å². The van der Waals surface area contributed by atoms with Crippen molar-refractivity contribution in [2.24, 2.45) is 10.7 Å². The van der Waals surface area contributed by atoms with Gasteiger partial charge in [-0.15, -0.1) is 0 Å². The Hall–Kier alpha value is -1.58. The van der Waals surface area contributed by atoms with Crippen LogP contribution in [0.3, 0.4) is 0 Å². The summed E-state index contributed by atoms with van der Waals surface area (Å²) < 4.78 is 13.2. The molecule has 0 radical (unpaired) electrons. The molecule has 2 aliphatic rings. The molecule has 2 fully saturated rings. The van der Waals surface area contributed by atoms with Crippen LogP contribution in [0.4, 0.5) is 4.39 Å². The van der Waals surface area contributed by atoms with Crippen molar-refractivity contribution in [2.75, 3.05) is 13.6 Å². The lowest BCUT2D eigenvalue weighted by Crippen LogP contribution is -2.37. The smallest absolute Gasteiger partial charge is 0.191 e. The third-order valence-electron chi connectivity index (χ3n) is 5.02. The third kappa shape index (κ3) is 3.04. The van der Waals surface area contributed by atoms with Gasteiger partial charge in [-0.3, -0.25) is 4.99 Å². The van der Waals surface area contributed by atoms with Gasteiger partial charge in [0.05, 0.1) is 6.54 Å². The summed E-state index contributed by atoms with van der Waals surface area (Å²) in [5.41, 5.74) is 7.36. The van der Waals surface area contributed by atoms with E-state index in [9.17, 15) is 4.39 Å². The van der Waals surface area contributed by atoms with Gasteiger partial charge in [0.2, 0.25) is 0 Å². The first-order valence-electron chi connectivity index (χ1n) is 7.90. The van der Waals surface area contributed by atoms with Gasteiger partial charge >= 0.3 is 0 Å². The molecule has 0 amide bonds. The number of benzene rings is 1. The molecule has 0 unspecified atom stereocenters. The molecule has 4 heteroatoms. The van der Waals surface area contributed by atoms with E-state index in [1.807, 2.05) is 19.2 Å². The highest BCUT2D eigenvalue weighted by molar-refractivity contribution is 5.78. The van der Waals surface area contributed by atoms with E-state index >= 15 is 0 Å². The fraction of sp³-hybridized carbons (Fsp3) is 0.588. The number of hydrogen-bond donors (Lipinski definition) is 1. The lowest BCUT2D eigenvalue weighted by atomic mass is 9.79. The Bertz CT molecular complexity index is 513. The molecule has 2 aliphatic carbocycles. The third-order valence-corrected chi connectivity index (χ3v) is 5.02. The Morgan fingerprint density at radius 3 is 2.48 bits per heavy atom. The van der Waals surface area contributed by atoms with Crippen LogP contribution < -0.4 is 5.73 Å². The first-order chi connectivity index (χ1) is 10.1. The second-order valence-corrected chi connectivity index (χ2v) is 6.51. The lowest BCUT2D eigenvalue weighted by molar-refractivity contribution is 0.440. The van der Waals surface area contributed by atoms with Gasteiger partial charge in [-0.2, -0.15) is 0 Å². The van der Waals surface area contributed by atoms with E-state index in [0.717, 1.165) is 12.8 Å². The van der Waals surface area contributed by atoms with E-state index in [0.29, 0.717) is 18.5 Å². The monoisotopic (exact) mass is 289 g/mol. The van der Waals surface area contributed by atoms with Crippen molar-refractivity contribution in [3.8, 4) is 0 Å². The van der Waals surface area contributed by atoms with Gasteiger partial charge in [-0.1, -0.05) is 25.0 Å². The maximum atomic E-state index is 13.2. The van der Waals surface area contributed by atoms with Gasteiger partial charge in [0, 0.05) is 18.5 Å². The van der Waals surface area contributed by atoms with Gasteiger partial charge in [0.25, 0.3) is 0 Å². The Morgan fingerprint density at radius 2 is 1.90 bits per heavy atom. The molecule has 0 spiro atoms. The first kappa shape index (κ1) is 14.4. The summed E-state index contributed by atoms with van der Waals surface area (Å²) in [7, 11) is 2.02. The van der Waals surface area contributed by atoms with Crippen molar-refractivity contribution in [1.82, 2.24) is 4.90 Å². The van der Waals surface area contributed by atoms with Crippen LogP contribution in [-0.2, 0) is 5.41 Å². The fourth-order valence-corrected chi connectivity index (χ4v) is 3.39. The van der Waals surface area contributed by atoms with Gasteiger partial charge in [0.1, 0.15) is 5.82 Å². The number of nitrogens with zero attached hydrogens (tertiary/aromatic N) is 2. The van der Waals surface area contributed by atoms with Crippen LogP contribution in [0.1, 0.15) is 44.1 Å². The van der Waals surface area contributed by atoms with Crippen molar-refractivity contribution in [1.29, 1.82) is 0 Å². The van der Waals surface area contributed by atoms with Crippen LogP contribution in [0.25, 0.3) is 0 Å². The molecule has 21 heavy (non-hydrogen) atoms. The predicted octanol–water partition coefficient (Wildman–Crippen LogP) is 3.05. The van der Waals surface area contributed by atoms with Crippen molar-refractivity contribution < 1.29 is 4.39 Å². The van der Waals surface area contributed by atoms with Gasteiger partial charge in [-0.05, 0) is 43.4 Å². The van der Waals surface area contributed by atoms with E-state index < -0.39 is 0 Å². The minimum absolute atomic E-state index is 0.0444. The quantitative estimate of drug-likeness (QED) is 0.684. The molecule has 0 aliphatic heterocycles. The second kappa shape index (κ2) is 5.66. The molecule has 0 aromatic heterocycles. The number of rotatable bonds is 4. The van der Waals surface area contributed by atoms with Crippen molar-refractivity contribution >= 4 is 5.96 Å². The zero-order valence-corrected chi connectivity index (χ0v) is 12.7. The molecule has 0 bridgehead atoms. The Labute approximate surface area is 126 Å². The predicted molar refractivity (Wildman–Crippen MR) is 83.8 cm³/mol. The molecular formula is C17H24FN3. The molecule has 2 N–H and O–H groups in total. The number of halogens is 1. The van der Waals surface area contributed by atoms with E-state index in [1.165, 1.54) is 31.2 Å². The normalized spacial score (nSPS) is 21.5. The minimum atomic E-state index is -0.177. The molecule has 0 heterocycles. The highest BCUT2D eigenvalue weighted by Gasteiger charge is 2.36. The van der Waals surface area contributed by atoms with E-state index in [1.54, 1.807) is 12.1 Å². The standard InChI is InChI=1S/C17H24FN3/c1-21(15-8-9-15)16(19)20-12-17(10-2-3-11-17)13-4-6-14(18)7-5-13/h4-7,15H,2-3,8-12H2,1H3,(H2,19,20). The van der Waals surface area contributed by atoms with Crippen LogP contribution in [0.5, 0.6) is 0 Å². The van der Waals surface area contributed by atoms with Gasteiger partial charge in [0.15, 0.2) is 5.96 Å². The summed E-state index contributed by atoms with van der Waals surface area (Å²) in [5, 5.41) is 0. The Kier molecular flexibility index (Phi) is 3.87. The first-order valence-corrected chi connectivity index (χ1v) is 7.90. The zero-order chi connectivity index (χ0) is 14.9. The number of hydrogen-bond acceptors (Lipinski definition) is 1. The largest absolute Gasteiger partial charge is 0.370 e. The maximum Gasteiger partial charge on any atom is 0.191 e. The van der Waals surface area contributed by atoms with Crippen molar-refractivity contribution in [3.63, 3.8) is 0 Å². The average molecular weight is 289 g/mol.